The van der Waals surface area contributed by atoms with E-state index in [9.17, 15) is 57.9 Å². The van der Waals surface area contributed by atoms with Crippen LogP contribution in [-0.2, 0) is 9.59 Å². The van der Waals surface area contributed by atoms with E-state index in [1.807, 2.05) is 0 Å². The summed E-state index contributed by atoms with van der Waals surface area (Å²) in [6.45, 7) is 0. The molecule has 1 aliphatic carbocycles. The van der Waals surface area contributed by atoms with Gasteiger partial charge in [0.25, 0.3) is 0 Å². The first-order valence-corrected chi connectivity index (χ1v) is 6.08. The van der Waals surface area contributed by atoms with Crippen LogP contribution in [0.5, 0.6) is 0 Å². The lowest BCUT2D eigenvalue weighted by atomic mass is 9.88. The van der Waals surface area contributed by atoms with E-state index in [0.29, 0.717) is 0 Å². The average Bonchev–Trinajstić information content (AvgIpc) is 2.81. The fraction of sp³-hybridized carbons (Fsp3) is 0.818. The summed E-state index contributed by atoms with van der Waals surface area (Å²) in [7, 11) is 0. The molecule has 0 bridgehead atoms. The summed E-state index contributed by atoms with van der Waals surface area (Å²) in [5.74, 6) is -36.1. The molecule has 140 valence electrons. The molecule has 2 nitrogen and oxygen atoms in total. The first-order valence-electron chi connectivity index (χ1n) is 6.08. The zero-order valence-electron chi connectivity index (χ0n) is 11.2. The fourth-order valence-corrected chi connectivity index (χ4v) is 2.04. The maximum Gasteiger partial charge on any atom is 0.460 e. The Bertz CT molecular complexity index is 535. The van der Waals surface area contributed by atoms with Crippen molar-refractivity contribution in [1.29, 1.82) is 0 Å². The lowest BCUT2D eigenvalue weighted by Crippen LogP contribution is -2.68. The monoisotopic (exact) mass is 380 g/mol. The summed E-state index contributed by atoms with van der Waals surface area (Å²) in [6, 6.07) is 0. The van der Waals surface area contributed by atoms with Crippen molar-refractivity contribution < 1.29 is 57.9 Å². The standard InChI is InChI=1S/C11H7F11O2/c12-7(13,6(24)4-2-1-3-5(4)23)8(14,15)9(16,17)10(18,19)11(20,21)22/h4H,1-3H2. The Hall–Kier alpha value is -1.43. The second-order valence-electron chi connectivity index (χ2n) is 5.07. The van der Waals surface area contributed by atoms with Gasteiger partial charge in [-0.2, -0.15) is 48.3 Å². The predicted octanol–water partition coefficient (Wildman–Crippen LogP) is 4.03. The van der Waals surface area contributed by atoms with Crippen molar-refractivity contribution in [3.63, 3.8) is 0 Å². The molecule has 0 aromatic rings. The maximum atomic E-state index is 13.4. The molecule has 13 heteroatoms. The second kappa shape index (κ2) is 5.55. The summed E-state index contributed by atoms with van der Waals surface area (Å²) in [4.78, 5) is 22.3. The predicted molar refractivity (Wildman–Crippen MR) is 53.2 cm³/mol. The zero-order valence-corrected chi connectivity index (χ0v) is 11.2. The lowest BCUT2D eigenvalue weighted by molar-refractivity contribution is -0.417. The van der Waals surface area contributed by atoms with Crippen LogP contribution in [0.3, 0.4) is 0 Å². The van der Waals surface area contributed by atoms with Gasteiger partial charge in [-0.05, 0) is 12.8 Å². The molecule has 1 saturated carbocycles. The normalized spacial score (nSPS) is 21.3. The molecule has 0 spiro atoms. The van der Waals surface area contributed by atoms with E-state index in [4.69, 9.17) is 0 Å². The molecule has 1 atom stereocenters. The number of ketones is 2. The van der Waals surface area contributed by atoms with Crippen molar-refractivity contribution in [2.45, 2.75) is 49.1 Å². The lowest BCUT2D eigenvalue weighted by Gasteiger charge is -2.37. The van der Waals surface area contributed by atoms with Gasteiger partial charge in [0.1, 0.15) is 5.78 Å². The van der Waals surface area contributed by atoms with E-state index >= 15 is 0 Å². The third-order valence-electron chi connectivity index (χ3n) is 3.47. The van der Waals surface area contributed by atoms with E-state index in [1.54, 1.807) is 0 Å². The highest BCUT2D eigenvalue weighted by Gasteiger charge is 2.88. The minimum absolute atomic E-state index is 0.230. The Kier molecular flexibility index (Phi) is 4.76. The third kappa shape index (κ3) is 2.65. The van der Waals surface area contributed by atoms with Gasteiger partial charge in [0.05, 0.1) is 5.92 Å². The molecule has 0 saturated heterocycles. The Morgan fingerprint density at radius 2 is 1.25 bits per heavy atom. The van der Waals surface area contributed by atoms with Crippen molar-refractivity contribution in [1.82, 2.24) is 0 Å². The first kappa shape index (κ1) is 20.6. The molecule has 24 heavy (non-hydrogen) atoms. The number of hydrogen-bond acceptors (Lipinski definition) is 2. The summed E-state index contributed by atoms with van der Waals surface area (Å²) in [5, 5.41) is 0. The van der Waals surface area contributed by atoms with Gasteiger partial charge in [0.2, 0.25) is 5.78 Å². The van der Waals surface area contributed by atoms with Gasteiger partial charge in [-0.1, -0.05) is 0 Å². The van der Waals surface area contributed by atoms with Gasteiger partial charge in [0.15, 0.2) is 0 Å². The van der Waals surface area contributed by atoms with Gasteiger partial charge in [-0.3, -0.25) is 9.59 Å². The molecular weight excluding hydrogens is 373 g/mol. The number of carbonyl (C=O) groups is 2. The molecule has 1 aliphatic rings. The van der Waals surface area contributed by atoms with Crippen LogP contribution in [0, 0.1) is 5.92 Å². The molecule has 0 N–H and O–H groups in total. The number of carbonyl (C=O) groups excluding carboxylic acids is 2. The smallest absolute Gasteiger partial charge is 0.299 e. The summed E-state index contributed by atoms with van der Waals surface area (Å²) in [5.41, 5.74) is 0. The van der Waals surface area contributed by atoms with Crippen LogP contribution >= 0.6 is 0 Å². The van der Waals surface area contributed by atoms with Crippen molar-refractivity contribution in [2.75, 3.05) is 0 Å². The van der Waals surface area contributed by atoms with Crippen molar-refractivity contribution in [3.05, 3.63) is 0 Å². The highest BCUT2D eigenvalue weighted by Crippen LogP contribution is 2.58. The summed E-state index contributed by atoms with van der Waals surface area (Å²) in [6.07, 6.45) is -8.77. The van der Waals surface area contributed by atoms with E-state index < -0.39 is 60.2 Å². The topological polar surface area (TPSA) is 34.1 Å². The molecule has 0 aromatic carbocycles. The van der Waals surface area contributed by atoms with Gasteiger partial charge in [-0.15, -0.1) is 0 Å². The van der Waals surface area contributed by atoms with Crippen molar-refractivity contribution >= 4 is 11.6 Å². The fourth-order valence-electron chi connectivity index (χ4n) is 2.04. The molecule has 1 fully saturated rings. The largest absolute Gasteiger partial charge is 0.460 e. The third-order valence-corrected chi connectivity index (χ3v) is 3.47. The highest BCUT2D eigenvalue weighted by atomic mass is 19.4. The summed E-state index contributed by atoms with van der Waals surface area (Å²) >= 11 is 0. The van der Waals surface area contributed by atoms with Crippen molar-refractivity contribution in [2.24, 2.45) is 5.92 Å². The number of hydrogen-bond donors (Lipinski definition) is 0. The zero-order chi connectivity index (χ0) is 19.4. The second-order valence-corrected chi connectivity index (χ2v) is 5.07. The van der Waals surface area contributed by atoms with E-state index in [-0.39, 0.29) is 6.42 Å². The van der Waals surface area contributed by atoms with E-state index in [1.165, 1.54) is 0 Å². The number of halogens is 11. The SMILES string of the molecule is O=C1CCCC1C(=O)C(F)(F)C(F)(F)C(F)(F)C(F)(F)C(F)(F)F. The van der Waals surface area contributed by atoms with Crippen LogP contribution in [-0.4, -0.2) is 41.4 Å². The Morgan fingerprint density at radius 3 is 1.58 bits per heavy atom. The van der Waals surface area contributed by atoms with E-state index in [0.717, 1.165) is 0 Å². The van der Waals surface area contributed by atoms with Gasteiger partial charge in [0, 0.05) is 6.42 Å². The molecule has 0 amide bonds. The number of Topliss-reactive ketones (excluding diaryl/α,β-unsaturated/α-hetero) is 2. The molecule has 1 rings (SSSR count). The first-order chi connectivity index (χ1) is 10.4. The minimum atomic E-state index is -7.64. The highest BCUT2D eigenvalue weighted by molar-refractivity contribution is 6.07. The molecule has 0 radical (unpaired) electrons. The average molecular weight is 380 g/mol. The Labute approximate surface area is 126 Å². The van der Waals surface area contributed by atoms with E-state index in [2.05, 4.69) is 0 Å². The van der Waals surface area contributed by atoms with Crippen LogP contribution in [0.2, 0.25) is 0 Å². The molecule has 1 unspecified atom stereocenters. The Morgan fingerprint density at radius 1 is 0.792 bits per heavy atom. The molecule has 0 aliphatic heterocycles. The maximum absolute atomic E-state index is 13.4. The van der Waals surface area contributed by atoms with Crippen LogP contribution in [0.25, 0.3) is 0 Å². The number of rotatable bonds is 5. The molecular formula is C11H7F11O2. The number of alkyl halides is 11. The Balaban J connectivity index is 3.34. The molecule has 0 aromatic heterocycles. The quantitative estimate of drug-likeness (QED) is 0.533. The van der Waals surface area contributed by atoms with Crippen molar-refractivity contribution in [3.8, 4) is 0 Å². The van der Waals surface area contributed by atoms with Crippen LogP contribution < -0.4 is 0 Å². The summed E-state index contributed by atoms with van der Waals surface area (Å²) < 4.78 is 140. The van der Waals surface area contributed by atoms with Crippen LogP contribution in [0.4, 0.5) is 48.3 Å². The van der Waals surface area contributed by atoms with Crippen LogP contribution in [0.1, 0.15) is 19.3 Å². The van der Waals surface area contributed by atoms with Crippen LogP contribution in [0.15, 0.2) is 0 Å². The van der Waals surface area contributed by atoms with Gasteiger partial charge >= 0.3 is 29.9 Å². The van der Waals surface area contributed by atoms with Gasteiger partial charge in [-0.25, -0.2) is 0 Å². The minimum Gasteiger partial charge on any atom is -0.299 e. The molecule has 0 heterocycles. The van der Waals surface area contributed by atoms with Gasteiger partial charge < -0.3 is 0 Å².